The van der Waals surface area contributed by atoms with Crippen molar-refractivity contribution in [1.82, 2.24) is 0 Å². The van der Waals surface area contributed by atoms with Crippen molar-refractivity contribution in [3.63, 3.8) is 0 Å². The summed E-state index contributed by atoms with van der Waals surface area (Å²) in [6.07, 6.45) is 0.958. The maximum atomic E-state index is 5.84. The van der Waals surface area contributed by atoms with Gasteiger partial charge in [-0.2, -0.15) is 11.8 Å². The lowest BCUT2D eigenvalue weighted by molar-refractivity contribution is 0.742. The molecule has 0 aromatic heterocycles. The molecule has 0 saturated carbocycles. The predicted molar refractivity (Wildman–Crippen MR) is 55.0 cm³/mol. The maximum Gasteiger partial charge on any atom is 0.0167 e. The molecule has 0 heterocycles. The van der Waals surface area contributed by atoms with Crippen LogP contribution in [0.5, 0.6) is 0 Å². The van der Waals surface area contributed by atoms with Gasteiger partial charge in [-0.3, -0.25) is 0 Å². The first kappa shape index (κ1) is 11.1. The molecule has 0 rings (SSSR count). The van der Waals surface area contributed by atoms with Crippen molar-refractivity contribution >= 4 is 11.8 Å². The van der Waals surface area contributed by atoms with E-state index in [-0.39, 0.29) is 0 Å². The van der Waals surface area contributed by atoms with Crippen molar-refractivity contribution in [2.75, 3.05) is 5.75 Å². The highest BCUT2D eigenvalue weighted by Gasteiger charge is 2.03. The first-order valence-electron chi connectivity index (χ1n) is 4.04. The van der Waals surface area contributed by atoms with E-state index < -0.39 is 0 Å². The number of hydrogen-bond acceptors (Lipinski definition) is 2. The number of thioether (sulfide) groups is 1. The second-order valence-corrected chi connectivity index (χ2v) is 4.91. The van der Waals surface area contributed by atoms with E-state index >= 15 is 0 Å². The average Bonchev–Trinajstić information content (AvgIpc) is 1.82. The van der Waals surface area contributed by atoms with Crippen LogP contribution in [0.25, 0.3) is 0 Å². The van der Waals surface area contributed by atoms with Crippen LogP contribution in [0.1, 0.15) is 27.2 Å². The van der Waals surface area contributed by atoms with Crippen molar-refractivity contribution in [2.24, 2.45) is 5.73 Å². The predicted octanol–water partition coefficient (Wildman–Crippen LogP) is 2.42. The van der Waals surface area contributed by atoms with Crippen LogP contribution in [-0.2, 0) is 0 Å². The van der Waals surface area contributed by atoms with Crippen LogP contribution in [0.3, 0.4) is 0 Å². The van der Waals surface area contributed by atoms with Crippen LogP contribution in [0.4, 0.5) is 0 Å². The lowest BCUT2D eigenvalue weighted by Crippen LogP contribution is -2.23. The fraction of sp³-hybridized carbons (Fsp3) is 0.778. The van der Waals surface area contributed by atoms with E-state index in [1.165, 1.54) is 5.57 Å². The van der Waals surface area contributed by atoms with Crippen LogP contribution >= 0.6 is 11.8 Å². The third-order valence-electron chi connectivity index (χ3n) is 1.25. The second kappa shape index (κ2) is 5.67. The van der Waals surface area contributed by atoms with Gasteiger partial charge in [0.25, 0.3) is 0 Å². The molecule has 0 aliphatic carbocycles. The standard InChI is InChI=1S/C9H19NS/c1-7(2)5-9(10)6-11-8(3)4/h8-9H,1,5-6,10H2,2-4H3. The Morgan fingerprint density at radius 1 is 1.55 bits per heavy atom. The Bertz CT molecular complexity index is 121. The summed E-state index contributed by atoms with van der Waals surface area (Å²) in [4.78, 5) is 0. The highest BCUT2D eigenvalue weighted by Crippen LogP contribution is 2.12. The molecule has 66 valence electrons. The van der Waals surface area contributed by atoms with Gasteiger partial charge in [-0.05, 0) is 18.6 Å². The number of hydrogen-bond donors (Lipinski definition) is 1. The highest BCUT2D eigenvalue weighted by molar-refractivity contribution is 7.99. The fourth-order valence-electron chi connectivity index (χ4n) is 0.823. The van der Waals surface area contributed by atoms with Crippen molar-refractivity contribution in [3.8, 4) is 0 Å². The minimum Gasteiger partial charge on any atom is -0.327 e. The summed E-state index contributed by atoms with van der Waals surface area (Å²) in [5.41, 5.74) is 7.02. The number of rotatable bonds is 5. The summed E-state index contributed by atoms with van der Waals surface area (Å²) in [6.45, 7) is 10.2. The van der Waals surface area contributed by atoms with Crippen molar-refractivity contribution in [3.05, 3.63) is 12.2 Å². The van der Waals surface area contributed by atoms with Gasteiger partial charge in [-0.15, -0.1) is 6.58 Å². The van der Waals surface area contributed by atoms with Gasteiger partial charge in [-0.1, -0.05) is 19.4 Å². The Balaban J connectivity index is 3.37. The van der Waals surface area contributed by atoms with Crippen LogP contribution in [0, 0.1) is 0 Å². The Morgan fingerprint density at radius 3 is 2.45 bits per heavy atom. The molecule has 0 aliphatic rings. The van der Waals surface area contributed by atoms with E-state index in [4.69, 9.17) is 5.73 Å². The zero-order chi connectivity index (χ0) is 8.85. The van der Waals surface area contributed by atoms with Gasteiger partial charge < -0.3 is 5.73 Å². The van der Waals surface area contributed by atoms with E-state index in [2.05, 4.69) is 20.4 Å². The van der Waals surface area contributed by atoms with E-state index in [1.807, 2.05) is 18.7 Å². The first-order chi connectivity index (χ1) is 5.02. The topological polar surface area (TPSA) is 26.0 Å². The van der Waals surface area contributed by atoms with Gasteiger partial charge in [0.1, 0.15) is 0 Å². The molecule has 0 bridgehead atoms. The molecule has 1 unspecified atom stereocenters. The maximum absolute atomic E-state index is 5.84. The van der Waals surface area contributed by atoms with E-state index in [0.29, 0.717) is 11.3 Å². The first-order valence-corrected chi connectivity index (χ1v) is 5.08. The Kier molecular flexibility index (Phi) is 5.69. The van der Waals surface area contributed by atoms with E-state index in [9.17, 15) is 0 Å². The molecule has 0 amide bonds. The van der Waals surface area contributed by atoms with Crippen molar-refractivity contribution < 1.29 is 0 Å². The molecule has 0 aliphatic heterocycles. The largest absolute Gasteiger partial charge is 0.327 e. The molecule has 2 N–H and O–H groups in total. The van der Waals surface area contributed by atoms with Gasteiger partial charge in [-0.25, -0.2) is 0 Å². The highest BCUT2D eigenvalue weighted by atomic mass is 32.2. The molecule has 0 saturated heterocycles. The fourth-order valence-corrected chi connectivity index (χ4v) is 1.57. The van der Waals surface area contributed by atoms with Crippen molar-refractivity contribution in [1.29, 1.82) is 0 Å². The minimum atomic E-state index is 0.292. The zero-order valence-electron chi connectivity index (χ0n) is 7.76. The van der Waals surface area contributed by atoms with Crippen LogP contribution in [0.2, 0.25) is 0 Å². The molecular formula is C9H19NS. The molecule has 0 aromatic carbocycles. The Labute approximate surface area is 74.4 Å². The lowest BCUT2D eigenvalue weighted by atomic mass is 10.1. The average molecular weight is 173 g/mol. The van der Waals surface area contributed by atoms with Gasteiger partial charge in [0.05, 0.1) is 0 Å². The molecule has 0 aromatic rings. The van der Waals surface area contributed by atoms with E-state index in [0.717, 1.165) is 12.2 Å². The monoisotopic (exact) mass is 173 g/mol. The second-order valence-electron chi connectivity index (χ2n) is 3.30. The van der Waals surface area contributed by atoms with Crippen LogP contribution < -0.4 is 5.73 Å². The molecule has 0 radical (unpaired) electrons. The molecule has 0 fully saturated rings. The molecular weight excluding hydrogens is 154 g/mol. The summed E-state index contributed by atoms with van der Waals surface area (Å²) in [5, 5.41) is 0.686. The zero-order valence-corrected chi connectivity index (χ0v) is 8.58. The third kappa shape index (κ3) is 7.95. The summed E-state index contributed by atoms with van der Waals surface area (Å²) in [5.74, 6) is 1.05. The van der Waals surface area contributed by atoms with Gasteiger partial charge in [0.2, 0.25) is 0 Å². The quantitative estimate of drug-likeness (QED) is 0.646. The minimum absolute atomic E-state index is 0.292. The Morgan fingerprint density at radius 2 is 2.09 bits per heavy atom. The lowest BCUT2D eigenvalue weighted by Gasteiger charge is -2.12. The van der Waals surface area contributed by atoms with Crippen LogP contribution in [-0.4, -0.2) is 17.0 Å². The van der Waals surface area contributed by atoms with E-state index in [1.54, 1.807) is 0 Å². The number of nitrogens with two attached hydrogens (primary N) is 1. The molecule has 1 nitrogen and oxygen atoms in total. The summed E-state index contributed by atoms with van der Waals surface area (Å²) in [7, 11) is 0. The molecule has 2 heteroatoms. The summed E-state index contributed by atoms with van der Waals surface area (Å²) >= 11 is 1.92. The molecule has 1 atom stereocenters. The third-order valence-corrected chi connectivity index (χ3v) is 2.54. The molecule has 11 heavy (non-hydrogen) atoms. The summed E-state index contributed by atoms with van der Waals surface area (Å²) in [6, 6.07) is 0.292. The van der Waals surface area contributed by atoms with Gasteiger partial charge in [0.15, 0.2) is 0 Å². The molecule has 0 spiro atoms. The van der Waals surface area contributed by atoms with Gasteiger partial charge in [0, 0.05) is 11.8 Å². The summed E-state index contributed by atoms with van der Waals surface area (Å²) < 4.78 is 0. The normalized spacial score (nSPS) is 13.5. The Hall–Kier alpha value is 0.0500. The van der Waals surface area contributed by atoms with Crippen LogP contribution in [0.15, 0.2) is 12.2 Å². The smallest absolute Gasteiger partial charge is 0.0167 e. The van der Waals surface area contributed by atoms with Gasteiger partial charge >= 0.3 is 0 Å². The SMILES string of the molecule is C=C(C)CC(N)CSC(C)C. The van der Waals surface area contributed by atoms with Crippen molar-refractivity contribution in [2.45, 2.75) is 38.5 Å².